The predicted molar refractivity (Wildman–Crippen MR) is 83.2 cm³/mol. The second kappa shape index (κ2) is 9.60. The fraction of sp³-hybridized carbons (Fsp3) is 0.625. The van der Waals surface area contributed by atoms with E-state index in [1.165, 1.54) is 0 Å². The largest absolute Gasteiger partial charge is 0.493 e. The lowest BCUT2D eigenvalue weighted by Crippen LogP contribution is -2.37. The second-order valence-electron chi connectivity index (χ2n) is 5.06. The Hall–Kier alpha value is -1.30. The first-order valence-corrected chi connectivity index (χ1v) is 7.67. The van der Waals surface area contributed by atoms with Crippen LogP contribution >= 0.6 is 0 Å². The van der Waals surface area contributed by atoms with Gasteiger partial charge in [0.25, 0.3) is 0 Å². The number of nitrogens with one attached hydrogen (secondary N) is 1. The Morgan fingerprint density at radius 1 is 1.14 bits per heavy atom. The summed E-state index contributed by atoms with van der Waals surface area (Å²) in [5.74, 6) is 1.58. The molecular weight excluding hydrogens is 268 g/mol. The highest BCUT2D eigenvalue weighted by molar-refractivity contribution is 5.39. The van der Waals surface area contributed by atoms with Crippen molar-refractivity contribution in [1.29, 1.82) is 0 Å². The van der Waals surface area contributed by atoms with Gasteiger partial charge >= 0.3 is 0 Å². The van der Waals surface area contributed by atoms with Crippen molar-refractivity contribution in [3.8, 4) is 11.5 Å². The third-order valence-corrected chi connectivity index (χ3v) is 3.54. The van der Waals surface area contributed by atoms with Crippen molar-refractivity contribution in [2.75, 3.05) is 59.7 Å². The van der Waals surface area contributed by atoms with Crippen LogP contribution in [0.15, 0.2) is 24.3 Å². The van der Waals surface area contributed by atoms with Crippen LogP contribution in [0.5, 0.6) is 11.5 Å². The topological polar surface area (TPSA) is 43.0 Å². The number of nitrogens with zero attached hydrogens (tertiary/aromatic N) is 1. The van der Waals surface area contributed by atoms with E-state index in [2.05, 4.69) is 10.2 Å². The highest BCUT2D eigenvalue weighted by atomic mass is 16.5. The van der Waals surface area contributed by atoms with Crippen LogP contribution < -0.4 is 14.8 Å². The molecule has 1 aromatic rings. The van der Waals surface area contributed by atoms with E-state index in [9.17, 15) is 0 Å². The number of ether oxygens (including phenoxy) is 3. The minimum absolute atomic E-state index is 0.651. The molecule has 1 aliphatic rings. The summed E-state index contributed by atoms with van der Waals surface area (Å²) in [4.78, 5) is 2.45. The quantitative estimate of drug-likeness (QED) is 0.697. The molecule has 0 aliphatic carbocycles. The van der Waals surface area contributed by atoms with Crippen molar-refractivity contribution in [1.82, 2.24) is 10.2 Å². The minimum atomic E-state index is 0.651. The van der Waals surface area contributed by atoms with Gasteiger partial charge in [-0.05, 0) is 31.6 Å². The summed E-state index contributed by atoms with van der Waals surface area (Å²) in [7, 11) is 1.66. The maximum absolute atomic E-state index is 5.71. The summed E-state index contributed by atoms with van der Waals surface area (Å²) in [6, 6.07) is 7.73. The van der Waals surface area contributed by atoms with Gasteiger partial charge in [0, 0.05) is 19.6 Å². The molecule has 1 fully saturated rings. The van der Waals surface area contributed by atoms with Crippen molar-refractivity contribution in [2.24, 2.45) is 0 Å². The normalized spacial score (nSPS) is 15.9. The predicted octanol–water partition coefficient (Wildman–Crippen LogP) is 1.39. The molecule has 0 amide bonds. The fourth-order valence-electron chi connectivity index (χ4n) is 2.35. The summed E-state index contributed by atoms with van der Waals surface area (Å²) >= 11 is 0. The molecule has 0 unspecified atom stereocenters. The van der Waals surface area contributed by atoms with E-state index >= 15 is 0 Å². The number of methoxy groups -OCH3 is 1. The molecular formula is C16H26N2O3. The SMILES string of the molecule is COc1ccccc1OCCNCCCN1CCOCC1. The van der Waals surface area contributed by atoms with Crippen molar-refractivity contribution in [2.45, 2.75) is 6.42 Å². The average molecular weight is 294 g/mol. The van der Waals surface area contributed by atoms with Gasteiger partial charge in [0.05, 0.1) is 20.3 Å². The molecule has 0 radical (unpaired) electrons. The summed E-state index contributed by atoms with van der Waals surface area (Å²) in [6.07, 6.45) is 1.16. The van der Waals surface area contributed by atoms with E-state index in [0.717, 1.165) is 63.9 Å². The van der Waals surface area contributed by atoms with Gasteiger partial charge in [0.1, 0.15) is 6.61 Å². The Bertz CT molecular complexity index is 395. The monoisotopic (exact) mass is 294 g/mol. The fourth-order valence-corrected chi connectivity index (χ4v) is 2.35. The molecule has 0 spiro atoms. The average Bonchev–Trinajstić information content (AvgIpc) is 2.55. The Labute approximate surface area is 127 Å². The van der Waals surface area contributed by atoms with Gasteiger partial charge in [-0.25, -0.2) is 0 Å². The molecule has 1 heterocycles. The highest BCUT2D eigenvalue weighted by Gasteiger charge is 2.08. The molecule has 0 aromatic heterocycles. The van der Waals surface area contributed by atoms with Crippen molar-refractivity contribution in [3.05, 3.63) is 24.3 Å². The maximum atomic E-state index is 5.71. The van der Waals surface area contributed by atoms with Crippen LogP contribution in [-0.4, -0.2) is 64.6 Å². The Kier molecular flexibility index (Phi) is 7.35. The van der Waals surface area contributed by atoms with Crippen molar-refractivity contribution >= 4 is 0 Å². The van der Waals surface area contributed by atoms with Crippen LogP contribution in [0.25, 0.3) is 0 Å². The number of rotatable bonds is 9. The van der Waals surface area contributed by atoms with E-state index in [-0.39, 0.29) is 0 Å². The van der Waals surface area contributed by atoms with Crippen molar-refractivity contribution < 1.29 is 14.2 Å². The molecule has 0 bridgehead atoms. The molecule has 1 aromatic carbocycles. The van der Waals surface area contributed by atoms with E-state index in [1.54, 1.807) is 7.11 Å². The van der Waals surface area contributed by atoms with Gasteiger partial charge in [-0.3, -0.25) is 4.90 Å². The molecule has 118 valence electrons. The maximum Gasteiger partial charge on any atom is 0.161 e. The van der Waals surface area contributed by atoms with Crippen LogP contribution in [-0.2, 0) is 4.74 Å². The molecule has 5 heteroatoms. The third-order valence-electron chi connectivity index (χ3n) is 3.54. The molecule has 1 N–H and O–H groups in total. The minimum Gasteiger partial charge on any atom is -0.493 e. The van der Waals surface area contributed by atoms with Gasteiger partial charge < -0.3 is 19.5 Å². The standard InChI is InChI=1S/C16H26N2O3/c1-19-15-5-2-3-6-16(15)21-12-8-17-7-4-9-18-10-13-20-14-11-18/h2-3,5-6,17H,4,7-14H2,1H3. The van der Waals surface area contributed by atoms with Gasteiger partial charge in [0.2, 0.25) is 0 Å². The Balaban J connectivity index is 1.50. The molecule has 21 heavy (non-hydrogen) atoms. The zero-order chi connectivity index (χ0) is 14.8. The highest BCUT2D eigenvalue weighted by Crippen LogP contribution is 2.25. The van der Waals surface area contributed by atoms with E-state index in [0.29, 0.717) is 6.61 Å². The second-order valence-corrected chi connectivity index (χ2v) is 5.06. The number of morpholine rings is 1. The van der Waals surface area contributed by atoms with Gasteiger partial charge in [0.15, 0.2) is 11.5 Å². The zero-order valence-corrected chi connectivity index (χ0v) is 12.8. The Morgan fingerprint density at radius 3 is 2.67 bits per heavy atom. The Morgan fingerprint density at radius 2 is 1.90 bits per heavy atom. The van der Waals surface area contributed by atoms with E-state index in [1.807, 2.05) is 24.3 Å². The first kappa shape index (κ1) is 16.1. The third kappa shape index (κ3) is 5.91. The summed E-state index contributed by atoms with van der Waals surface area (Å²) in [5.41, 5.74) is 0. The van der Waals surface area contributed by atoms with Crippen LogP contribution in [0.3, 0.4) is 0 Å². The lowest BCUT2D eigenvalue weighted by molar-refractivity contribution is 0.0374. The van der Waals surface area contributed by atoms with Crippen LogP contribution in [0, 0.1) is 0 Å². The summed E-state index contributed by atoms with van der Waals surface area (Å²) < 4.78 is 16.3. The number of hydrogen-bond acceptors (Lipinski definition) is 5. The van der Waals surface area contributed by atoms with Gasteiger partial charge in [-0.2, -0.15) is 0 Å². The van der Waals surface area contributed by atoms with Crippen LogP contribution in [0.2, 0.25) is 0 Å². The summed E-state index contributed by atoms with van der Waals surface area (Å²) in [6.45, 7) is 7.55. The molecule has 2 rings (SSSR count). The van der Waals surface area contributed by atoms with Crippen LogP contribution in [0.1, 0.15) is 6.42 Å². The van der Waals surface area contributed by atoms with Gasteiger partial charge in [-0.15, -0.1) is 0 Å². The first-order chi connectivity index (χ1) is 10.4. The number of benzene rings is 1. The number of para-hydroxylation sites is 2. The van der Waals surface area contributed by atoms with Crippen LogP contribution in [0.4, 0.5) is 0 Å². The lowest BCUT2D eigenvalue weighted by Gasteiger charge is -2.26. The van der Waals surface area contributed by atoms with E-state index in [4.69, 9.17) is 14.2 Å². The molecule has 5 nitrogen and oxygen atoms in total. The van der Waals surface area contributed by atoms with Gasteiger partial charge in [-0.1, -0.05) is 12.1 Å². The molecule has 1 aliphatic heterocycles. The molecule has 0 atom stereocenters. The van der Waals surface area contributed by atoms with Crippen molar-refractivity contribution in [3.63, 3.8) is 0 Å². The first-order valence-electron chi connectivity index (χ1n) is 7.67. The number of hydrogen-bond donors (Lipinski definition) is 1. The lowest BCUT2D eigenvalue weighted by atomic mass is 10.3. The summed E-state index contributed by atoms with van der Waals surface area (Å²) in [5, 5.41) is 3.41. The smallest absolute Gasteiger partial charge is 0.161 e. The zero-order valence-electron chi connectivity index (χ0n) is 12.8. The molecule has 1 saturated heterocycles. The van der Waals surface area contributed by atoms with E-state index < -0.39 is 0 Å². The molecule has 0 saturated carbocycles.